The van der Waals surface area contributed by atoms with Crippen LogP contribution in [0.1, 0.15) is 77.0 Å². The molecule has 0 aromatic carbocycles. The summed E-state index contributed by atoms with van der Waals surface area (Å²) in [6.45, 7) is 1.00. The highest BCUT2D eigenvalue weighted by molar-refractivity contribution is 5.75. The first-order valence-corrected chi connectivity index (χ1v) is 8.49. The second-order valence-electron chi connectivity index (χ2n) is 6.82. The van der Waals surface area contributed by atoms with Crippen LogP contribution in [0.5, 0.6) is 0 Å². The van der Waals surface area contributed by atoms with Gasteiger partial charge in [-0.3, -0.25) is 4.79 Å². The van der Waals surface area contributed by atoms with Gasteiger partial charge in [-0.05, 0) is 31.1 Å². The summed E-state index contributed by atoms with van der Waals surface area (Å²) in [5.74, 6) is 1.99. The molecule has 110 valence electrons. The zero-order valence-corrected chi connectivity index (χ0v) is 12.7. The van der Waals surface area contributed by atoms with E-state index in [1.807, 2.05) is 11.9 Å². The predicted molar refractivity (Wildman–Crippen MR) is 80.0 cm³/mol. The molecule has 0 aliphatic heterocycles. The standard InChI is InChI=1S/C17H31NO/c1-18(14-16-10-6-3-7-11-16)17(19)13-12-15-8-4-2-5-9-15/h15-16H,2-14H2,1H3. The molecule has 2 rings (SSSR count). The fourth-order valence-electron chi connectivity index (χ4n) is 3.85. The van der Waals surface area contributed by atoms with Gasteiger partial charge in [-0.1, -0.05) is 51.4 Å². The summed E-state index contributed by atoms with van der Waals surface area (Å²) in [5, 5.41) is 0. The number of rotatable bonds is 5. The molecule has 0 N–H and O–H groups in total. The number of hydrogen-bond donors (Lipinski definition) is 0. The van der Waals surface area contributed by atoms with Crippen LogP contribution < -0.4 is 0 Å². The Balaban J connectivity index is 1.63. The van der Waals surface area contributed by atoms with E-state index in [4.69, 9.17) is 0 Å². The lowest BCUT2D eigenvalue weighted by Crippen LogP contribution is -2.32. The first-order valence-electron chi connectivity index (χ1n) is 8.49. The van der Waals surface area contributed by atoms with Crippen molar-refractivity contribution in [3.8, 4) is 0 Å². The molecule has 0 radical (unpaired) electrons. The molecule has 2 fully saturated rings. The van der Waals surface area contributed by atoms with Crippen LogP contribution in [-0.2, 0) is 4.79 Å². The highest BCUT2D eigenvalue weighted by atomic mass is 16.2. The van der Waals surface area contributed by atoms with E-state index < -0.39 is 0 Å². The number of amides is 1. The molecule has 0 bridgehead atoms. The third-order valence-corrected chi connectivity index (χ3v) is 5.17. The van der Waals surface area contributed by atoms with Gasteiger partial charge in [0.15, 0.2) is 0 Å². The van der Waals surface area contributed by atoms with Gasteiger partial charge in [0.05, 0.1) is 0 Å². The van der Waals surface area contributed by atoms with Crippen LogP contribution in [0, 0.1) is 11.8 Å². The average Bonchev–Trinajstić information content (AvgIpc) is 2.47. The van der Waals surface area contributed by atoms with Gasteiger partial charge in [0.2, 0.25) is 5.91 Å². The second-order valence-corrected chi connectivity index (χ2v) is 6.82. The quantitative estimate of drug-likeness (QED) is 0.722. The van der Waals surface area contributed by atoms with Crippen LogP contribution in [0.15, 0.2) is 0 Å². The van der Waals surface area contributed by atoms with Gasteiger partial charge >= 0.3 is 0 Å². The van der Waals surface area contributed by atoms with E-state index >= 15 is 0 Å². The van der Waals surface area contributed by atoms with Gasteiger partial charge in [0.1, 0.15) is 0 Å². The smallest absolute Gasteiger partial charge is 0.222 e. The highest BCUT2D eigenvalue weighted by Gasteiger charge is 2.20. The second kappa shape index (κ2) is 7.91. The topological polar surface area (TPSA) is 20.3 Å². The van der Waals surface area contributed by atoms with Gasteiger partial charge in [-0.15, -0.1) is 0 Å². The molecule has 0 heterocycles. The van der Waals surface area contributed by atoms with Gasteiger partial charge in [0, 0.05) is 20.0 Å². The summed E-state index contributed by atoms with van der Waals surface area (Å²) in [5.41, 5.74) is 0. The fraction of sp³-hybridized carbons (Fsp3) is 0.941. The Bertz CT molecular complexity index is 264. The Labute approximate surface area is 118 Å². The van der Waals surface area contributed by atoms with Crippen LogP contribution >= 0.6 is 0 Å². The first-order chi connectivity index (χ1) is 9.25. The summed E-state index contributed by atoms with van der Waals surface area (Å²) < 4.78 is 0. The van der Waals surface area contributed by atoms with Gasteiger partial charge in [0.25, 0.3) is 0 Å². The highest BCUT2D eigenvalue weighted by Crippen LogP contribution is 2.28. The lowest BCUT2D eigenvalue weighted by Gasteiger charge is -2.28. The van der Waals surface area contributed by atoms with Crippen molar-refractivity contribution < 1.29 is 4.79 Å². The molecular weight excluding hydrogens is 234 g/mol. The molecule has 0 saturated heterocycles. The molecule has 0 atom stereocenters. The van der Waals surface area contributed by atoms with Crippen molar-refractivity contribution in [3.05, 3.63) is 0 Å². The average molecular weight is 265 g/mol. The molecule has 2 heteroatoms. The van der Waals surface area contributed by atoms with Crippen molar-refractivity contribution in [1.29, 1.82) is 0 Å². The maximum Gasteiger partial charge on any atom is 0.222 e. The van der Waals surface area contributed by atoms with Crippen LogP contribution in [0.3, 0.4) is 0 Å². The van der Waals surface area contributed by atoms with Crippen molar-refractivity contribution in [2.75, 3.05) is 13.6 Å². The van der Waals surface area contributed by atoms with Crippen molar-refractivity contribution >= 4 is 5.91 Å². The zero-order valence-electron chi connectivity index (χ0n) is 12.7. The Morgan fingerprint density at radius 1 is 0.895 bits per heavy atom. The Kier molecular flexibility index (Phi) is 6.19. The summed E-state index contributed by atoms with van der Waals surface area (Å²) in [4.78, 5) is 14.2. The monoisotopic (exact) mass is 265 g/mol. The first kappa shape index (κ1) is 14.9. The minimum absolute atomic E-state index is 0.385. The Morgan fingerprint density at radius 2 is 1.42 bits per heavy atom. The number of hydrogen-bond acceptors (Lipinski definition) is 1. The summed E-state index contributed by atoms with van der Waals surface area (Å²) in [7, 11) is 2.01. The van der Waals surface area contributed by atoms with Crippen LogP contribution in [0.4, 0.5) is 0 Å². The van der Waals surface area contributed by atoms with E-state index in [0.717, 1.165) is 31.2 Å². The molecule has 2 saturated carbocycles. The molecule has 0 aromatic rings. The van der Waals surface area contributed by atoms with Crippen molar-refractivity contribution in [1.82, 2.24) is 4.90 Å². The van der Waals surface area contributed by atoms with E-state index in [1.165, 1.54) is 64.2 Å². The van der Waals surface area contributed by atoms with Gasteiger partial charge < -0.3 is 4.90 Å². The summed E-state index contributed by atoms with van der Waals surface area (Å²) in [6, 6.07) is 0. The van der Waals surface area contributed by atoms with E-state index in [9.17, 15) is 4.79 Å². The van der Waals surface area contributed by atoms with Crippen molar-refractivity contribution in [2.24, 2.45) is 11.8 Å². The Hall–Kier alpha value is -0.530. The third kappa shape index (κ3) is 5.16. The molecule has 2 aliphatic rings. The number of nitrogens with zero attached hydrogens (tertiary/aromatic N) is 1. The van der Waals surface area contributed by atoms with E-state index in [-0.39, 0.29) is 0 Å². The normalized spacial score (nSPS) is 22.4. The van der Waals surface area contributed by atoms with Crippen molar-refractivity contribution in [2.45, 2.75) is 77.0 Å². The fourth-order valence-corrected chi connectivity index (χ4v) is 3.85. The maximum atomic E-state index is 12.2. The number of carbonyl (C=O) groups is 1. The molecule has 19 heavy (non-hydrogen) atoms. The number of carbonyl (C=O) groups excluding carboxylic acids is 1. The van der Waals surface area contributed by atoms with E-state index in [1.54, 1.807) is 0 Å². The molecule has 0 unspecified atom stereocenters. The van der Waals surface area contributed by atoms with Gasteiger partial charge in [-0.2, -0.15) is 0 Å². The summed E-state index contributed by atoms with van der Waals surface area (Å²) in [6.07, 6.45) is 15.6. The molecule has 2 aliphatic carbocycles. The van der Waals surface area contributed by atoms with Gasteiger partial charge in [-0.25, -0.2) is 0 Å². The summed E-state index contributed by atoms with van der Waals surface area (Å²) >= 11 is 0. The van der Waals surface area contributed by atoms with Crippen LogP contribution in [0.25, 0.3) is 0 Å². The molecule has 1 amide bonds. The minimum Gasteiger partial charge on any atom is -0.345 e. The molecule has 0 spiro atoms. The lowest BCUT2D eigenvalue weighted by molar-refractivity contribution is -0.131. The molecule has 2 nitrogen and oxygen atoms in total. The third-order valence-electron chi connectivity index (χ3n) is 5.17. The zero-order chi connectivity index (χ0) is 13.5. The van der Waals surface area contributed by atoms with Crippen LogP contribution in [0.2, 0.25) is 0 Å². The minimum atomic E-state index is 0.385. The SMILES string of the molecule is CN(CC1CCCCC1)C(=O)CCC1CCCCC1. The lowest BCUT2D eigenvalue weighted by atomic mass is 9.86. The molecular formula is C17H31NO. The van der Waals surface area contributed by atoms with Crippen LogP contribution in [-0.4, -0.2) is 24.4 Å². The predicted octanol–water partition coefficient (Wildman–Crippen LogP) is 4.39. The largest absolute Gasteiger partial charge is 0.345 e. The van der Waals surface area contributed by atoms with E-state index in [0.29, 0.717) is 5.91 Å². The van der Waals surface area contributed by atoms with E-state index in [2.05, 4.69) is 0 Å². The maximum absolute atomic E-state index is 12.2. The Morgan fingerprint density at radius 3 is 2.00 bits per heavy atom. The molecule has 0 aromatic heterocycles. The van der Waals surface area contributed by atoms with Crippen molar-refractivity contribution in [3.63, 3.8) is 0 Å².